The first-order chi connectivity index (χ1) is 10.2. The minimum atomic E-state index is -0.960. The summed E-state index contributed by atoms with van der Waals surface area (Å²) in [5.41, 5.74) is 0.743. The second kappa shape index (κ2) is 5.43. The fourth-order valence-corrected chi connectivity index (χ4v) is 2.49. The number of aromatic nitrogens is 2. The molecule has 1 fully saturated rings. The van der Waals surface area contributed by atoms with Gasteiger partial charge in [0.2, 0.25) is 11.8 Å². The maximum atomic E-state index is 11.2. The smallest absolute Gasteiger partial charge is 0.407 e. The van der Waals surface area contributed by atoms with Gasteiger partial charge in [0.1, 0.15) is 11.8 Å². The zero-order valence-electron chi connectivity index (χ0n) is 11.5. The van der Waals surface area contributed by atoms with E-state index in [4.69, 9.17) is 14.3 Å². The number of nitrogens with zero attached hydrogens (tertiary/aromatic N) is 3. The zero-order chi connectivity index (χ0) is 14.8. The molecule has 1 aromatic heterocycles. The highest BCUT2D eigenvalue weighted by atomic mass is 16.5. The Kier molecular flexibility index (Phi) is 3.47. The predicted molar refractivity (Wildman–Crippen MR) is 73.0 cm³/mol. The van der Waals surface area contributed by atoms with Gasteiger partial charge in [0, 0.05) is 12.1 Å². The van der Waals surface area contributed by atoms with E-state index >= 15 is 0 Å². The summed E-state index contributed by atoms with van der Waals surface area (Å²) in [5, 5.41) is 17.2. The summed E-state index contributed by atoms with van der Waals surface area (Å²) < 4.78 is 10.8. The Hall–Kier alpha value is -2.57. The second-order valence-electron chi connectivity index (χ2n) is 4.81. The van der Waals surface area contributed by atoms with Gasteiger partial charge in [-0.3, -0.25) is 4.90 Å². The van der Waals surface area contributed by atoms with Crippen LogP contribution in [0.25, 0.3) is 11.5 Å². The number of rotatable bonds is 3. The molecule has 7 nitrogen and oxygen atoms in total. The molecule has 1 atom stereocenters. The lowest BCUT2D eigenvalue weighted by molar-refractivity contribution is 0.134. The number of carboxylic acid groups (broad SMARTS) is 1. The highest BCUT2D eigenvalue weighted by molar-refractivity contribution is 5.66. The number of hydrogen-bond donors (Lipinski definition) is 1. The zero-order valence-corrected chi connectivity index (χ0v) is 11.5. The minimum absolute atomic E-state index is 0.340. The van der Waals surface area contributed by atoms with Gasteiger partial charge >= 0.3 is 6.09 Å². The fourth-order valence-electron chi connectivity index (χ4n) is 2.49. The van der Waals surface area contributed by atoms with Gasteiger partial charge in [-0.05, 0) is 31.0 Å². The Bertz CT molecular complexity index is 655. The van der Waals surface area contributed by atoms with Gasteiger partial charge in [-0.2, -0.15) is 0 Å². The van der Waals surface area contributed by atoms with E-state index in [0.29, 0.717) is 30.5 Å². The van der Waals surface area contributed by atoms with E-state index in [0.717, 1.165) is 12.0 Å². The second-order valence-corrected chi connectivity index (χ2v) is 4.81. The van der Waals surface area contributed by atoms with Crippen LogP contribution in [0.1, 0.15) is 24.8 Å². The first-order valence-electron chi connectivity index (χ1n) is 6.66. The first kappa shape index (κ1) is 13.4. The summed E-state index contributed by atoms with van der Waals surface area (Å²) in [6.45, 7) is 0.497. The Morgan fingerprint density at radius 3 is 3.10 bits per heavy atom. The van der Waals surface area contributed by atoms with E-state index < -0.39 is 6.09 Å². The molecule has 1 aliphatic heterocycles. The quantitative estimate of drug-likeness (QED) is 0.934. The standard InChI is InChI=1S/C14H15N3O4/c1-20-10-5-2-4-9(8-10)12-15-16-13(21-12)11-6-3-7-17(11)14(18)19/h2,4-5,8,11H,3,6-7H2,1H3,(H,18,19). The lowest BCUT2D eigenvalue weighted by atomic mass is 10.2. The van der Waals surface area contributed by atoms with Crippen molar-refractivity contribution < 1.29 is 19.1 Å². The molecule has 1 N–H and O–H groups in total. The predicted octanol–water partition coefficient (Wildman–Crippen LogP) is 2.56. The number of benzene rings is 1. The van der Waals surface area contributed by atoms with E-state index in [-0.39, 0.29) is 6.04 Å². The Balaban J connectivity index is 1.87. The topological polar surface area (TPSA) is 88.7 Å². The number of carbonyl (C=O) groups is 1. The number of methoxy groups -OCH3 is 1. The van der Waals surface area contributed by atoms with Crippen LogP contribution >= 0.6 is 0 Å². The molecule has 3 rings (SSSR count). The number of hydrogen-bond acceptors (Lipinski definition) is 5. The SMILES string of the molecule is COc1cccc(-c2nnc(C3CCCN3C(=O)O)o2)c1. The van der Waals surface area contributed by atoms with E-state index in [1.165, 1.54) is 4.90 Å². The fraction of sp³-hybridized carbons (Fsp3) is 0.357. The molecule has 0 radical (unpaired) electrons. The van der Waals surface area contributed by atoms with Crippen molar-refractivity contribution in [2.45, 2.75) is 18.9 Å². The molecule has 0 bridgehead atoms. The van der Waals surface area contributed by atoms with Crippen LogP contribution in [-0.2, 0) is 0 Å². The highest BCUT2D eigenvalue weighted by Gasteiger charge is 2.33. The first-order valence-corrected chi connectivity index (χ1v) is 6.66. The van der Waals surface area contributed by atoms with Crippen LogP contribution in [0.15, 0.2) is 28.7 Å². The maximum absolute atomic E-state index is 11.2. The van der Waals surface area contributed by atoms with Gasteiger partial charge in [-0.25, -0.2) is 4.79 Å². The van der Waals surface area contributed by atoms with Gasteiger partial charge in [-0.1, -0.05) is 6.07 Å². The number of amides is 1. The molecule has 1 aliphatic rings. The molecule has 7 heteroatoms. The molecule has 0 aliphatic carbocycles. The van der Waals surface area contributed by atoms with Crippen molar-refractivity contribution in [2.24, 2.45) is 0 Å². The van der Waals surface area contributed by atoms with Crippen molar-refractivity contribution >= 4 is 6.09 Å². The van der Waals surface area contributed by atoms with Crippen molar-refractivity contribution in [3.63, 3.8) is 0 Å². The van der Waals surface area contributed by atoms with Crippen molar-refractivity contribution in [3.05, 3.63) is 30.2 Å². The summed E-state index contributed by atoms with van der Waals surface area (Å²) in [6, 6.07) is 6.93. The van der Waals surface area contributed by atoms with Gasteiger partial charge in [-0.15, -0.1) is 10.2 Å². The average Bonchev–Trinajstić information content (AvgIpc) is 3.15. The molecule has 1 saturated heterocycles. The summed E-state index contributed by atoms with van der Waals surface area (Å²) in [6.07, 6.45) is 0.540. The van der Waals surface area contributed by atoms with Crippen molar-refractivity contribution in [1.82, 2.24) is 15.1 Å². The molecule has 21 heavy (non-hydrogen) atoms. The van der Waals surface area contributed by atoms with Crippen molar-refractivity contribution in [2.75, 3.05) is 13.7 Å². The summed E-state index contributed by atoms with van der Waals surface area (Å²) in [7, 11) is 1.58. The van der Waals surface area contributed by atoms with Crippen LogP contribution in [0.2, 0.25) is 0 Å². The van der Waals surface area contributed by atoms with Crippen LogP contribution < -0.4 is 4.74 Å². The van der Waals surface area contributed by atoms with E-state index in [1.807, 2.05) is 18.2 Å². The van der Waals surface area contributed by atoms with Gasteiger partial charge in [0.25, 0.3) is 0 Å². The summed E-state index contributed by atoms with van der Waals surface area (Å²) in [5.74, 6) is 1.40. The Morgan fingerprint density at radius 2 is 2.33 bits per heavy atom. The molecule has 110 valence electrons. The lowest BCUT2D eigenvalue weighted by Gasteiger charge is -2.17. The van der Waals surface area contributed by atoms with Gasteiger partial charge in [0.05, 0.1) is 7.11 Å². The molecule has 2 aromatic rings. The molecule has 0 saturated carbocycles. The van der Waals surface area contributed by atoms with Crippen LogP contribution in [-0.4, -0.2) is 40.0 Å². The molecule has 1 unspecified atom stereocenters. The number of ether oxygens (including phenoxy) is 1. The molecular weight excluding hydrogens is 274 g/mol. The van der Waals surface area contributed by atoms with Crippen LogP contribution in [0.5, 0.6) is 5.75 Å². The normalized spacial score (nSPS) is 18.0. The van der Waals surface area contributed by atoms with Crippen LogP contribution in [0, 0.1) is 0 Å². The average molecular weight is 289 g/mol. The summed E-state index contributed by atoms with van der Waals surface area (Å²) in [4.78, 5) is 12.5. The molecule has 0 spiro atoms. The monoisotopic (exact) mass is 289 g/mol. The molecular formula is C14H15N3O4. The van der Waals surface area contributed by atoms with Gasteiger partial charge in [0.15, 0.2) is 0 Å². The van der Waals surface area contributed by atoms with E-state index in [2.05, 4.69) is 10.2 Å². The third kappa shape index (κ3) is 2.54. The number of likely N-dealkylation sites (tertiary alicyclic amines) is 1. The van der Waals surface area contributed by atoms with E-state index in [9.17, 15) is 4.79 Å². The third-order valence-corrected chi connectivity index (χ3v) is 3.54. The summed E-state index contributed by atoms with van der Waals surface area (Å²) >= 11 is 0. The minimum Gasteiger partial charge on any atom is -0.497 e. The lowest BCUT2D eigenvalue weighted by Crippen LogP contribution is -2.28. The van der Waals surface area contributed by atoms with Crippen LogP contribution in [0.3, 0.4) is 0 Å². The molecule has 2 heterocycles. The maximum Gasteiger partial charge on any atom is 0.407 e. The molecule has 1 aromatic carbocycles. The Labute approximate surface area is 121 Å². The largest absolute Gasteiger partial charge is 0.497 e. The third-order valence-electron chi connectivity index (χ3n) is 3.54. The van der Waals surface area contributed by atoms with Crippen molar-refractivity contribution in [3.8, 4) is 17.2 Å². The van der Waals surface area contributed by atoms with Gasteiger partial charge < -0.3 is 14.3 Å². The molecule has 1 amide bonds. The highest BCUT2D eigenvalue weighted by Crippen LogP contribution is 2.32. The Morgan fingerprint density at radius 1 is 1.48 bits per heavy atom. The van der Waals surface area contributed by atoms with Crippen molar-refractivity contribution in [1.29, 1.82) is 0 Å². The van der Waals surface area contributed by atoms with E-state index in [1.54, 1.807) is 13.2 Å². The van der Waals surface area contributed by atoms with Crippen LogP contribution in [0.4, 0.5) is 4.79 Å².